The molecular formula is C60H92O5. The average Bonchev–Trinajstić information content (AvgIpc) is 3.33. The average molecular weight is 893 g/mol. The van der Waals surface area contributed by atoms with Gasteiger partial charge < -0.3 is 23.7 Å². The Balaban J connectivity index is 1.72. The van der Waals surface area contributed by atoms with Gasteiger partial charge in [-0.3, -0.25) is 0 Å². The number of ether oxygens (including phenoxy) is 5. The summed E-state index contributed by atoms with van der Waals surface area (Å²) in [6.07, 6.45) is 44.4. The molecule has 0 aliphatic carbocycles. The van der Waals surface area contributed by atoms with E-state index in [-0.39, 0.29) is 0 Å². The van der Waals surface area contributed by atoms with Gasteiger partial charge in [0.15, 0.2) is 11.5 Å². The molecule has 2 radical (unpaired) electrons. The second-order valence-electron chi connectivity index (χ2n) is 18.3. The van der Waals surface area contributed by atoms with Crippen LogP contribution in [0.4, 0.5) is 0 Å². The highest BCUT2D eigenvalue weighted by Crippen LogP contribution is 2.40. The molecule has 0 atom stereocenters. The zero-order chi connectivity index (χ0) is 46.3. The molecule has 0 saturated heterocycles. The topological polar surface area (TPSA) is 46.2 Å². The lowest BCUT2D eigenvalue weighted by Crippen LogP contribution is -2.08. The molecule has 0 heterocycles. The van der Waals surface area contributed by atoms with Crippen LogP contribution in [0.2, 0.25) is 0 Å². The van der Waals surface area contributed by atoms with Gasteiger partial charge >= 0.3 is 0 Å². The first-order chi connectivity index (χ1) is 32.1. The van der Waals surface area contributed by atoms with Gasteiger partial charge in [0.25, 0.3) is 0 Å². The third kappa shape index (κ3) is 26.2. The van der Waals surface area contributed by atoms with Crippen molar-refractivity contribution in [2.24, 2.45) is 0 Å². The Hall–Kier alpha value is -3.86. The van der Waals surface area contributed by atoms with Gasteiger partial charge in [0.1, 0.15) is 18.1 Å². The fraction of sp³-hybridized carbons (Fsp3) is 0.633. The zero-order valence-electron chi connectivity index (χ0n) is 42.0. The summed E-state index contributed by atoms with van der Waals surface area (Å²) in [5, 5.41) is 0. The molecule has 0 aliphatic rings. The lowest BCUT2D eigenvalue weighted by molar-refractivity contribution is 0.232. The minimum absolute atomic E-state index is 0.338. The number of hydrogen-bond acceptors (Lipinski definition) is 5. The van der Waals surface area contributed by atoms with Crippen LogP contribution in [-0.2, 0) is 6.61 Å². The monoisotopic (exact) mass is 893 g/mol. The molecule has 0 spiro atoms. The van der Waals surface area contributed by atoms with Crippen LogP contribution in [0.15, 0.2) is 48.5 Å². The van der Waals surface area contributed by atoms with E-state index in [9.17, 15) is 0 Å². The van der Waals surface area contributed by atoms with Crippen LogP contribution >= 0.6 is 0 Å². The fourth-order valence-electron chi connectivity index (χ4n) is 8.31. The van der Waals surface area contributed by atoms with Crippen LogP contribution in [0.3, 0.4) is 0 Å². The van der Waals surface area contributed by atoms with Gasteiger partial charge in [-0.05, 0) is 60.2 Å². The lowest BCUT2D eigenvalue weighted by Gasteiger charge is -2.19. The Labute approximate surface area is 399 Å². The van der Waals surface area contributed by atoms with Crippen molar-refractivity contribution in [1.29, 1.82) is 0 Å². The van der Waals surface area contributed by atoms with Gasteiger partial charge in [0, 0.05) is 11.6 Å². The molecule has 0 aliphatic heterocycles. The molecule has 5 nitrogen and oxygen atoms in total. The molecule has 0 fully saturated rings. The standard InChI is InChI=1S/C60H92O5/c1-6-10-13-16-19-22-25-28-31-34-45-62-58-48-54(51-65-56-43-44-57(61-5)55(50-56)42-41-53-39-37-52(9-4)38-40-53)49-59(63-46-35-32-29-26-23-20-17-14-11-7-2)60(58)64-47-36-33-30-27-24-21-18-15-12-8-3/h4,9,37-42,44,48-50H,6-8,10-36,45-47,51H2,1-3,5H3. The Morgan fingerprint density at radius 1 is 0.446 bits per heavy atom. The summed E-state index contributed by atoms with van der Waals surface area (Å²) in [6, 6.07) is 19.4. The Morgan fingerprint density at radius 2 is 0.846 bits per heavy atom. The maximum Gasteiger partial charge on any atom is 0.203 e. The Morgan fingerprint density at radius 3 is 1.26 bits per heavy atom. The van der Waals surface area contributed by atoms with Crippen molar-refractivity contribution in [3.63, 3.8) is 0 Å². The smallest absolute Gasteiger partial charge is 0.203 e. The third-order valence-corrected chi connectivity index (χ3v) is 12.5. The molecule has 5 heteroatoms. The molecule has 0 amide bonds. The summed E-state index contributed by atoms with van der Waals surface area (Å²) in [5.74, 6) is 3.63. The maximum atomic E-state index is 6.65. The Kier molecular flexibility index (Phi) is 32.7. The molecule has 0 aromatic heterocycles. The molecule has 0 N–H and O–H groups in total. The van der Waals surface area contributed by atoms with E-state index in [2.05, 4.69) is 45.0 Å². The molecular weight excluding hydrogens is 801 g/mol. The van der Waals surface area contributed by atoms with Crippen LogP contribution in [0.25, 0.3) is 18.2 Å². The predicted molar refractivity (Wildman–Crippen MR) is 279 cm³/mol. The van der Waals surface area contributed by atoms with Gasteiger partial charge in [0.2, 0.25) is 5.75 Å². The second kappa shape index (κ2) is 38.3. The maximum absolute atomic E-state index is 6.65. The minimum atomic E-state index is 0.338. The van der Waals surface area contributed by atoms with Crippen molar-refractivity contribution in [3.05, 3.63) is 83.4 Å². The molecule has 0 unspecified atom stereocenters. The summed E-state index contributed by atoms with van der Waals surface area (Å²) in [7, 11) is 1.68. The van der Waals surface area contributed by atoms with Crippen LogP contribution in [0.1, 0.15) is 236 Å². The first-order valence-corrected chi connectivity index (χ1v) is 26.7. The van der Waals surface area contributed by atoms with Crippen molar-refractivity contribution in [3.8, 4) is 28.7 Å². The first-order valence-electron chi connectivity index (χ1n) is 26.7. The highest BCUT2D eigenvalue weighted by Gasteiger charge is 2.17. The van der Waals surface area contributed by atoms with Crippen molar-refractivity contribution < 1.29 is 23.7 Å². The Bertz CT molecular complexity index is 1580. The zero-order valence-corrected chi connectivity index (χ0v) is 42.0. The van der Waals surface area contributed by atoms with Crippen LogP contribution in [0.5, 0.6) is 28.7 Å². The van der Waals surface area contributed by atoms with Gasteiger partial charge in [0.05, 0.1) is 26.9 Å². The molecule has 3 aromatic carbocycles. The summed E-state index contributed by atoms with van der Waals surface area (Å²) >= 11 is 0. The number of hydrogen-bond donors (Lipinski definition) is 0. The summed E-state index contributed by atoms with van der Waals surface area (Å²) < 4.78 is 32.1. The van der Waals surface area contributed by atoms with Crippen LogP contribution in [-0.4, -0.2) is 26.9 Å². The summed E-state index contributed by atoms with van der Waals surface area (Å²) in [6.45, 7) is 14.9. The van der Waals surface area contributed by atoms with Gasteiger partial charge in [-0.15, -0.1) is 0 Å². The minimum Gasteiger partial charge on any atom is -0.496 e. The van der Waals surface area contributed by atoms with E-state index < -0.39 is 0 Å². The van der Waals surface area contributed by atoms with Crippen molar-refractivity contribution in [2.45, 2.75) is 220 Å². The van der Waals surface area contributed by atoms with Crippen molar-refractivity contribution in [2.75, 3.05) is 26.9 Å². The molecule has 362 valence electrons. The van der Waals surface area contributed by atoms with Gasteiger partial charge in [-0.2, -0.15) is 0 Å². The number of unbranched alkanes of at least 4 members (excludes halogenated alkanes) is 27. The molecule has 0 bridgehead atoms. The molecule has 65 heavy (non-hydrogen) atoms. The first kappa shape index (κ1) is 55.5. The molecule has 3 rings (SSSR count). The quantitative estimate of drug-likeness (QED) is 0.0418. The summed E-state index contributed by atoms with van der Waals surface area (Å²) in [4.78, 5) is 0. The van der Waals surface area contributed by atoms with E-state index in [1.807, 2.05) is 42.5 Å². The molecule has 0 saturated carbocycles. The lowest BCUT2D eigenvalue weighted by atomic mass is 10.1. The van der Waals surface area contributed by atoms with Crippen molar-refractivity contribution in [1.82, 2.24) is 0 Å². The molecule has 3 aromatic rings. The van der Waals surface area contributed by atoms with Crippen LogP contribution < -0.4 is 23.7 Å². The second-order valence-corrected chi connectivity index (χ2v) is 18.3. The van der Waals surface area contributed by atoms with Crippen molar-refractivity contribution >= 4 is 18.2 Å². The number of rotatable bonds is 43. The van der Waals surface area contributed by atoms with E-state index in [4.69, 9.17) is 30.3 Å². The van der Waals surface area contributed by atoms with E-state index in [0.29, 0.717) is 32.2 Å². The highest BCUT2D eigenvalue weighted by atomic mass is 16.5. The number of methoxy groups -OCH3 is 1. The normalized spacial score (nSPS) is 11.3. The summed E-state index contributed by atoms with van der Waals surface area (Å²) in [5.41, 5.74) is 3.94. The fourth-order valence-corrected chi connectivity index (χ4v) is 8.31. The van der Waals surface area contributed by atoms with Gasteiger partial charge in [-0.25, -0.2) is 0 Å². The van der Waals surface area contributed by atoms with Crippen LogP contribution in [0, 0.1) is 12.6 Å². The highest BCUT2D eigenvalue weighted by molar-refractivity contribution is 5.73. The van der Waals surface area contributed by atoms with E-state index >= 15 is 0 Å². The van der Waals surface area contributed by atoms with E-state index in [0.717, 1.165) is 64.5 Å². The third-order valence-electron chi connectivity index (χ3n) is 12.5. The SMILES string of the molecule is [CH]=Cc1ccc(C=Cc2cc(OCc3cc(OCCCCCCCCCCCC)c(OCCCCCCCCCCCC)c(OCCCCCCCCCCCC)c3)[c]cc2OC)cc1. The largest absolute Gasteiger partial charge is 0.496 e. The van der Waals surface area contributed by atoms with E-state index in [1.54, 1.807) is 13.2 Å². The number of benzene rings is 3. The van der Waals surface area contributed by atoms with Gasteiger partial charge in [-0.1, -0.05) is 243 Å². The van der Waals surface area contributed by atoms with E-state index in [1.165, 1.54) is 173 Å². The predicted octanol–water partition coefficient (Wildman–Crippen LogP) is 18.6.